The summed E-state index contributed by atoms with van der Waals surface area (Å²) in [5.41, 5.74) is 2.06. The number of piperidine rings is 1. The van der Waals surface area contributed by atoms with Crippen LogP contribution in [0, 0.1) is 0 Å². The Balaban J connectivity index is 2.23. The molecule has 0 aromatic heterocycles. The summed E-state index contributed by atoms with van der Waals surface area (Å²) in [5.74, 6) is 0. The second-order valence-electron chi connectivity index (χ2n) is 4.28. The highest BCUT2D eigenvalue weighted by atomic mass is 16.1. The van der Waals surface area contributed by atoms with Crippen molar-refractivity contribution in [2.24, 2.45) is 0 Å². The third-order valence-electron chi connectivity index (χ3n) is 3.20. The molecule has 0 aliphatic carbocycles. The fraction of sp³-hybridized carbons (Fsp3) is 0.462. The van der Waals surface area contributed by atoms with Gasteiger partial charge in [0.05, 0.1) is 0 Å². The van der Waals surface area contributed by atoms with Crippen molar-refractivity contribution in [2.75, 3.05) is 13.6 Å². The Kier molecular flexibility index (Phi) is 3.17. The molecule has 0 N–H and O–H groups in total. The molecule has 2 nitrogen and oxygen atoms in total. The number of carbonyl (C=O) groups excluding carboxylic acids is 1. The first-order chi connectivity index (χ1) is 7.31. The van der Waals surface area contributed by atoms with Crippen LogP contribution in [0.1, 0.15) is 41.2 Å². The Morgan fingerprint density at radius 3 is 3.00 bits per heavy atom. The predicted octanol–water partition coefficient (Wildman–Crippen LogP) is 2.66. The van der Waals surface area contributed by atoms with Gasteiger partial charge in [-0.05, 0) is 38.1 Å². The Labute approximate surface area is 90.9 Å². The van der Waals surface area contributed by atoms with E-state index < -0.39 is 0 Å². The van der Waals surface area contributed by atoms with E-state index in [1.54, 1.807) is 0 Å². The molecule has 80 valence electrons. The van der Waals surface area contributed by atoms with Gasteiger partial charge in [0.2, 0.25) is 0 Å². The van der Waals surface area contributed by atoms with Gasteiger partial charge in [0, 0.05) is 11.6 Å². The number of nitrogens with zero attached hydrogens (tertiary/aromatic N) is 1. The van der Waals surface area contributed by atoms with Crippen LogP contribution >= 0.6 is 0 Å². The van der Waals surface area contributed by atoms with E-state index in [1.807, 2.05) is 18.2 Å². The van der Waals surface area contributed by atoms with E-state index in [1.165, 1.54) is 24.8 Å². The number of aldehydes is 1. The maximum atomic E-state index is 10.7. The minimum atomic E-state index is 0.499. The molecule has 1 heterocycles. The molecular weight excluding hydrogens is 186 g/mol. The predicted molar refractivity (Wildman–Crippen MR) is 61.1 cm³/mol. The normalized spacial score (nSPS) is 22.6. The molecule has 0 radical (unpaired) electrons. The SMILES string of the molecule is CN1CCCCC1c1cccc(C=O)c1. The van der Waals surface area contributed by atoms with Crippen molar-refractivity contribution in [3.05, 3.63) is 35.4 Å². The fourth-order valence-electron chi connectivity index (χ4n) is 2.34. The number of rotatable bonds is 2. The third kappa shape index (κ3) is 2.26. The summed E-state index contributed by atoms with van der Waals surface area (Å²) in [6.07, 6.45) is 4.71. The van der Waals surface area contributed by atoms with Gasteiger partial charge >= 0.3 is 0 Å². The summed E-state index contributed by atoms with van der Waals surface area (Å²) >= 11 is 0. The van der Waals surface area contributed by atoms with Gasteiger partial charge in [-0.2, -0.15) is 0 Å². The number of likely N-dealkylation sites (tertiary alicyclic amines) is 1. The number of benzene rings is 1. The van der Waals surface area contributed by atoms with Crippen LogP contribution in [0.2, 0.25) is 0 Å². The largest absolute Gasteiger partial charge is 0.299 e. The molecule has 15 heavy (non-hydrogen) atoms. The maximum absolute atomic E-state index is 10.7. The highest BCUT2D eigenvalue weighted by molar-refractivity contribution is 5.75. The van der Waals surface area contributed by atoms with Crippen LogP contribution in [0.4, 0.5) is 0 Å². The molecule has 2 heteroatoms. The van der Waals surface area contributed by atoms with Gasteiger partial charge in [0.1, 0.15) is 6.29 Å². The molecule has 1 saturated heterocycles. The summed E-state index contributed by atoms with van der Waals surface area (Å²) in [4.78, 5) is 13.1. The standard InChI is InChI=1S/C13H17NO/c1-14-8-3-2-7-13(14)12-6-4-5-11(9-12)10-15/h4-6,9-10,13H,2-3,7-8H2,1H3. The van der Waals surface area contributed by atoms with Gasteiger partial charge < -0.3 is 0 Å². The van der Waals surface area contributed by atoms with Gasteiger partial charge in [-0.1, -0.05) is 24.6 Å². The first-order valence-corrected chi connectivity index (χ1v) is 5.56. The number of hydrogen-bond acceptors (Lipinski definition) is 2. The van der Waals surface area contributed by atoms with Crippen LogP contribution in [0.15, 0.2) is 24.3 Å². The fourth-order valence-corrected chi connectivity index (χ4v) is 2.34. The summed E-state index contributed by atoms with van der Waals surface area (Å²) in [6.45, 7) is 1.16. The van der Waals surface area contributed by atoms with Crippen molar-refractivity contribution in [3.63, 3.8) is 0 Å². The average Bonchev–Trinajstić information content (AvgIpc) is 2.30. The van der Waals surface area contributed by atoms with Gasteiger partial charge in [-0.25, -0.2) is 0 Å². The van der Waals surface area contributed by atoms with Crippen LogP contribution in [0.5, 0.6) is 0 Å². The smallest absolute Gasteiger partial charge is 0.150 e. The van der Waals surface area contributed by atoms with Crippen molar-refractivity contribution < 1.29 is 4.79 Å². The first-order valence-electron chi connectivity index (χ1n) is 5.56. The highest BCUT2D eigenvalue weighted by Crippen LogP contribution is 2.29. The summed E-state index contributed by atoms with van der Waals surface area (Å²) < 4.78 is 0. The molecule has 1 aliphatic rings. The Morgan fingerprint density at radius 1 is 1.40 bits per heavy atom. The van der Waals surface area contributed by atoms with E-state index in [4.69, 9.17) is 0 Å². The van der Waals surface area contributed by atoms with Crippen molar-refractivity contribution in [1.82, 2.24) is 4.90 Å². The van der Waals surface area contributed by atoms with Crippen LogP contribution in [-0.4, -0.2) is 24.8 Å². The van der Waals surface area contributed by atoms with Gasteiger partial charge in [-0.3, -0.25) is 9.69 Å². The zero-order valence-electron chi connectivity index (χ0n) is 9.15. The van der Waals surface area contributed by atoms with E-state index in [2.05, 4.69) is 18.0 Å². The first kappa shape index (κ1) is 10.4. The zero-order valence-corrected chi connectivity index (χ0v) is 9.15. The van der Waals surface area contributed by atoms with Crippen molar-refractivity contribution in [1.29, 1.82) is 0 Å². The minimum Gasteiger partial charge on any atom is -0.299 e. The zero-order chi connectivity index (χ0) is 10.7. The lowest BCUT2D eigenvalue weighted by molar-refractivity contribution is 0.112. The van der Waals surface area contributed by atoms with E-state index in [0.29, 0.717) is 6.04 Å². The lowest BCUT2D eigenvalue weighted by atomic mass is 9.95. The molecule has 0 saturated carbocycles. The lowest BCUT2D eigenvalue weighted by Crippen LogP contribution is -2.29. The van der Waals surface area contributed by atoms with E-state index in [9.17, 15) is 4.79 Å². The van der Waals surface area contributed by atoms with Crippen molar-refractivity contribution in [3.8, 4) is 0 Å². The molecule has 0 bridgehead atoms. The molecule has 0 spiro atoms. The Bertz CT molecular complexity index is 348. The van der Waals surface area contributed by atoms with Gasteiger partial charge in [0.15, 0.2) is 0 Å². The minimum absolute atomic E-state index is 0.499. The van der Waals surface area contributed by atoms with E-state index in [0.717, 1.165) is 18.4 Å². The molecule has 1 atom stereocenters. The molecular formula is C13H17NO. The molecule has 1 aromatic carbocycles. The van der Waals surface area contributed by atoms with E-state index in [-0.39, 0.29) is 0 Å². The van der Waals surface area contributed by atoms with Crippen LogP contribution in [0.3, 0.4) is 0 Å². The Morgan fingerprint density at radius 2 is 2.27 bits per heavy atom. The van der Waals surface area contributed by atoms with Crippen molar-refractivity contribution in [2.45, 2.75) is 25.3 Å². The second-order valence-corrected chi connectivity index (χ2v) is 4.28. The quantitative estimate of drug-likeness (QED) is 0.689. The number of carbonyl (C=O) groups is 1. The molecule has 1 unspecified atom stereocenters. The second kappa shape index (κ2) is 4.58. The molecule has 1 aliphatic heterocycles. The topological polar surface area (TPSA) is 20.3 Å². The van der Waals surface area contributed by atoms with Crippen LogP contribution in [-0.2, 0) is 0 Å². The Hall–Kier alpha value is -1.15. The van der Waals surface area contributed by atoms with E-state index >= 15 is 0 Å². The average molecular weight is 203 g/mol. The molecule has 0 amide bonds. The van der Waals surface area contributed by atoms with Crippen LogP contribution < -0.4 is 0 Å². The van der Waals surface area contributed by atoms with Gasteiger partial charge in [-0.15, -0.1) is 0 Å². The lowest BCUT2D eigenvalue weighted by Gasteiger charge is -2.32. The summed E-state index contributed by atoms with van der Waals surface area (Å²) in [6, 6.07) is 8.47. The molecule has 2 rings (SSSR count). The monoisotopic (exact) mass is 203 g/mol. The summed E-state index contributed by atoms with van der Waals surface area (Å²) in [5, 5.41) is 0. The van der Waals surface area contributed by atoms with Crippen molar-refractivity contribution >= 4 is 6.29 Å². The highest BCUT2D eigenvalue weighted by Gasteiger charge is 2.20. The molecule has 1 aromatic rings. The van der Waals surface area contributed by atoms with Gasteiger partial charge in [0.25, 0.3) is 0 Å². The van der Waals surface area contributed by atoms with Crippen LogP contribution in [0.25, 0.3) is 0 Å². The summed E-state index contributed by atoms with van der Waals surface area (Å²) in [7, 11) is 2.16. The maximum Gasteiger partial charge on any atom is 0.150 e. The number of hydrogen-bond donors (Lipinski definition) is 0. The molecule has 1 fully saturated rings. The third-order valence-corrected chi connectivity index (χ3v) is 3.20.